The molecule has 0 spiro atoms. The predicted molar refractivity (Wildman–Crippen MR) is 107 cm³/mol. The number of amides is 2. The van der Waals surface area contributed by atoms with Gasteiger partial charge in [-0.05, 0) is 42.5 Å². The van der Waals surface area contributed by atoms with Gasteiger partial charge in [-0.3, -0.25) is 14.6 Å². The van der Waals surface area contributed by atoms with Crippen LogP contribution in [0.25, 0.3) is 0 Å². The van der Waals surface area contributed by atoms with E-state index >= 15 is 0 Å². The number of aromatic nitrogens is 2. The zero-order chi connectivity index (χ0) is 19.2. The normalized spacial score (nSPS) is 10.7. The van der Waals surface area contributed by atoms with Gasteiger partial charge in [0.1, 0.15) is 0 Å². The molecule has 7 nitrogen and oxygen atoms in total. The van der Waals surface area contributed by atoms with Gasteiger partial charge in [0.05, 0.1) is 28.7 Å². The Balaban J connectivity index is 1.83. The highest BCUT2D eigenvalue weighted by Gasteiger charge is 2.18. The number of carbonyl (C=O) groups is 2. The minimum Gasteiger partial charge on any atom is -0.360 e. The Hall–Kier alpha value is -3.26. The van der Waals surface area contributed by atoms with E-state index in [0.717, 1.165) is 5.69 Å². The first-order valence-electron chi connectivity index (χ1n) is 8.01. The fourth-order valence-corrected chi connectivity index (χ4v) is 2.66. The van der Waals surface area contributed by atoms with Crippen LogP contribution in [0.1, 0.15) is 26.4 Å². The number of H-pyrrole nitrogens is 1. The molecule has 0 saturated heterocycles. The second-order valence-electron chi connectivity index (χ2n) is 5.58. The summed E-state index contributed by atoms with van der Waals surface area (Å²) in [5.74, 6) is -0.711. The summed E-state index contributed by atoms with van der Waals surface area (Å²) in [5, 5.41) is 8.11. The van der Waals surface area contributed by atoms with Crippen molar-refractivity contribution in [3.05, 3.63) is 82.3 Å². The molecule has 0 saturated carbocycles. The van der Waals surface area contributed by atoms with Gasteiger partial charge in [0.15, 0.2) is 0 Å². The molecule has 0 unspecified atom stereocenters. The number of hydrogen-bond acceptors (Lipinski definition) is 4. The number of hydrogen-bond donors (Lipinski definition) is 2. The van der Waals surface area contributed by atoms with Crippen LogP contribution in [-0.2, 0) is 0 Å². The number of pyridine rings is 1. The molecule has 136 valence electrons. The maximum atomic E-state index is 12.8. The monoisotopic (exact) mass is 425 g/mol. The maximum absolute atomic E-state index is 12.8. The summed E-state index contributed by atoms with van der Waals surface area (Å²) in [6.07, 6.45) is 6.36. The minimum absolute atomic E-state index is 0.313. The largest absolute Gasteiger partial charge is 0.360 e. The van der Waals surface area contributed by atoms with Crippen LogP contribution >= 0.6 is 15.9 Å². The van der Waals surface area contributed by atoms with Crippen LogP contribution in [0.15, 0.2) is 70.6 Å². The van der Waals surface area contributed by atoms with E-state index in [9.17, 15) is 9.59 Å². The Kier molecular flexibility index (Phi) is 5.77. The van der Waals surface area contributed by atoms with Crippen molar-refractivity contribution in [2.45, 2.75) is 0 Å². The first-order chi connectivity index (χ1) is 13.0. The Labute approximate surface area is 164 Å². The number of nitrogens with one attached hydrogen (secondary N) is 2. The lowest BCUT2D eigenvalue weighted by molar-refractivity contribution is 0.0801. The molecule has 0 aliphatic rings. The van der Waals surface area contributed by atoms with Gasteiger partial charge < -0.3 is 10.3 Å². The Morgan fingerprint density at radius 1 is 1.26 bits per heavy atom. The number of benzene rings is 1. The van der Waals surface area contributed by atoms with Crippen molar-refractivity contribution >= 4 is 39.6 Å². The van der Waals surface area contributed by atoms with Crippen LogP contribution in [0.4, 0.5) is 5.69 Å². The molecule has 1 aromatic carbocycles. The average molecular weight is 426 g/mol. The van der Waals surface area contributed by atoms with E-state index in [2.05, 4.69) is 36.3 Å². The SMILES string of the molecule is CN(N=Cc1ccc[nH]1)C(=O)c1cc(Br)ccc1NC(=O)c1cccnc1. The summed E-state index contributed by atoms with van der Waals surface area (Å²) < 4.78 is 0.715. The molecular weight excluding hydrogens is 410 g/mol. The van der Waals surface area contributed by atoms with Crippen LogP contribution < -0.4 is 5.32 Å². The van der Waals surface area contributed by atoms with Crippen LogP contribution in [0.5, 0.6) is 0 Å². The second-order valence-corrected chi connectivity index (χ2v) is 6.50. The summed E-state index contributed by atoms with van der Waals surface area (Å²) in [4.78, 5) is 32.1. The molecule has 0 atom stereocenters. The van der Waals surface area contributed by atoms with Crippen molar-refractivity contribution in [3.8, 4) is 0 Å². The van der Waals surface area contributed by atoms with Crippen molar-refractivity contribution in [2.75, 3.05) is 12.4 Å². The summed E-state index contributed by atoms with van der Waals surface area (Å²) >= 11 is 3.36. The fourth-order valence-electron chi connectivity index (χ4n) is 2.29. The standard InChI is InChI=1S/C19H16BrN5O2/c1-25(23-12-15-5-3-9-22-15)19(27)16-10-14(20)6-7-17(16)24-18(26)13-4-2-8-21-11-13/h2-12,22H,1H3,(H,24,26). The number of halogens is 1. The third kappa shape index (κ3) is 4.68. The summed E-state index contributed by atoms with van der Waals surface area (Å²) in [5.41, 5.74) is 1.87. The quantitative estimate of drug-likeness (QED) is 0.483. The van der Waals surface area contributed by atoms with Crippen molar-refractivity contribution in [2.24, 2.45) is 5.10 Å². The zero-order valence-electron chi connectivity index (χ0n) is 14.4. The number of hydrazone groups is 1. The van der Waals surface area contributed by atoms with E-state index in [1.165, 1.54) is 11.2 Å². The molecule has 0 aliphatic heterocycles. The lowest BCUT2D eigenvalue weighted by Crippen LogP contribution is -2.24. The van der Waals surface area contributed by atoms with Crippen molar-refractivity contribution < 1.29 is 9.59 Å². The van der Waals surface area contributed by atoms with Gasteiger partial charge in [0, 0.05) is 30.1 Å². The maximum Gasteiger partial charge on any atom is 0.275 e. The van der Waals surface area contributed by atoms with Gasteiger partial charge in [-0.2, -0.15) is 5.10 Å². The number of nitrogens with zero attached hydrogens (tertiary/aromatic N) is 3. The summed E-state index contributed by atoms with van der Waals surface area (Å²) in [7, 11) is 1.55. The van der Waals surface area contributed by atoms with E-state index in [-0.39, 0.29) is 11.8 Å². The highest BCUT2D eigenvalue weighted by Crippen LogP contribution is 2.23. The molecule has 3 aromatic rings. The molecular formula is C19H16BrN5O2. The van der Waals surface area contributed by atoms with E-state index in [1.807, 2.05) is 12.1 Å². The predicted octanol–water partition coefficient (Wildman–Crippen LogP) is 3.53. The molecule has 2 amide bonds. The Morgan fingerprint density at radius 3 is 2.81 bits per heavy atom. The van der Waals surface area contributed by atoms with Gasteiger partial charge in [-0.25, -0.2) is 5.01 Å². The van der Waals surface area contributed by atoms with Crippen LogP contribution in [-0.4, -0.2) is 40.1 Å². The van der Waals surface area contributed by atoms with Gasteiger partial charge >= 0.3 is 0 Å². The highest BCUT2D eigenvalue weighted by atomic mass is 79.9. The number of anilines is 1. The molecule has 0 radical (unpaired) electrons. The molecule has 27 heavy (non-hydrogen) atoms. The van der Waals surface area contributed by atoms with E-state index in [4.69, 9.17) is 0 Å². The van der Waals surface area contributed by atoms with Crippen molar-refractivity contribution in [3.63, 3.8) is 0 Å². The van der Waals surface area contributed by atoms with Crippen LogP contribution in [0.3, 0.4) is 0 Å². The van der Waals surface area contributed by atoms with Crippen LogP contribution in [0, 0.1) is 0 Å². The van der Waals surface area contributed by atoms with Gasteiger partial charge in [0.2, 0.25) is 0 Å². The van der Waals surface area contributed by atoms with E-state index in [1.54, 1.807) is 56.0 Å². The molecule has 2 N–H and O–H groups in total. The highest BCUT2D eigenvalue weighted by molar-refractivity contribution is 9.10. The molecule has 0 aliphatic carbocycles. The lowest BCUT2D eigenvalue weighted by atomic mass is 10.1. The summed E-state index contributed by atoms with van der Waals surface area (Å²) in [6, 6.07) is 12.0. The minimum atomic E-state index is -0.361. The topological polar surface area (TPSA) is 90.5 Å². The van der Waals surface area contributed by atoms with Crippen molar-refractivity contribution in [1.82, 2.24) is 15.0 Å². The average Bonchev–Trinajstić information content (AvgIpc) is 3.21. The van der Waals surface area contributed by atoms with E-state index in [0.29, 0.717) is 21.3 Å². The van der Waals surface area contributed by atoms with Crippen molar-refractivity contribution in [1.29, 1.82) is 0 Å². The first kappa shape index (κ1) is 18.5. The van der Waals surface area contributed by atoms with Gasteiger partial charge in [-0.15, -0.1) is 0 Å². The number of aromatic amines is 1. The molecule has 0 bridgehead atoms. The molecule has 2 aromatic heterocycles. The zero-order valence-corrected chi connectivity index (χ0v) is 16.0. The van der Waals surface area contributed by atoms with Gasteiger partial charge in [-0.1, -0.05) is 15.9 Å². The number of carbonyl (C=O) groups excluding carboxylic acids is 2. The third-order valence-electron chi connectivity index (χ3n) is 3.67. The van der Waals surface area contributed by atoms with Gasteiger partial charge in [0.25, 0.3) is 11.8 Å². The lowest BCUT2D eigenvalue weighted by Gasteiger charge is -2.15. The third-order valence-corrected chi connectivity index (χ3v) is 4.16. The molecule has 0 fully saturated rings. The summed E-state index contributed by atoms with van der Waals surface area (Å²) in [6.45, 7) is 0. The number of rotatable bonds is 5. The molecule has 3 rings (SSSR count). The van der Waals surface area contributed by atoms with E-state index < -0.39 is 0 Å². The second kappa shape index (κ2) is 8.41. The molecule has 8 heteroatoms. The molecule has 2 heterocycles. The Bertz CT molecular complexity index is 971. The fraction of sp³-hybridized carbons (Fsp3) is 0.0526. The smallest absolute Gasteiger partial charge is 0.275 e. The Morgan fingerprint density at radius 2 is 2.11 bits per heavy atom. The van der Waals surface area contributed by atoms with Crippen LogP contribution in [0.2, 0.25) is 0 Å². The first-order valence-corrected chi connectivity index (χ1v) is 8.80.